The van der Waals surface area contributed by atoms with E-state index in [1.54, 1.807) is 32.2 Å². The Kier molecular flexibility index (Phi) is 2.65. The molecule has 0 N–H and O–H groups in total. The quantitative estimate of drug-likeness (QED) is 0.576. The van der Waals surface area contributed by atoms with Crippen LogP contribution >= 0.6 is 0 Å². The van der Waals surface area contributed by atoms with E-state index in [1.165, 1.54) is 7.11 Å². The molecular weight excluding hydrogens is 220 g/mol. The Morgan fingerprint density at radius 2 is 2.06 bits per heavy atom. The van der Waals surface area contributed by atoms with Gasteiger partial charge in [0.05, 0.1) is 14.2 Å². The second-order valence-corrected chi connectivity index (χ2v) is 4.32. The highest BCUT2D eigenvalue weighted by Gasteiger charge is 2.49. The van der Waals surface area contributed by atoms with E-state index >= 15 is 0 Å². The lowest BCUT2D eigenvalue weighted by molar-refractivity contribution is -0.148. The van der Waals surface area contributed by atoms with Crippen LogP contribution in [0.5, 0.6) is 5.75 Å². The summed E-state index contributed by atoms with van der Waals surface area (Å²) < 4.78 is 9.92. The number of rotatable bonds is 2. The summed E-state index contributed by atoms with van der Waals surface area (Å²) in [6.45, 7) is 1.61. The van der Waals surface area contributed by atoms with Crippen molar-refractivity contribution in [3.63, 3.8) is 0 Å². The Labute approximate surface area is 99.5 Å². The lowest BCUT2D eigenvalue weighted by atomic mass is 9.86. The van der Waals surface area contributed by atoms with Gasteiger partial charge in [-0.15, -0.1) is 0 Å². The molecule has 0 amide bonds. The maximum absolute atomic E-state index is 12.2. The maximum atomic E-state index is 12.2. The summed E-state index contributed by atoms with van der Waals surface area (Å²) in [4.78, 5) is 24.0. The van der Waals surface area contributed by atoms with E-state index in [0.29, 0.717) is 17.7 Å². The predicted octanol–water partition coefficient (Wildman–Crippen LogP) is 1.61. The summed E-state index contributed by atoms with van der Waals surface area (Å²) in [5, 5.41) is 0. The first-order valence-corrected chi connectivity index (χ1v) is 5.33. The summed E-state index contributed by atoms with van der Waals surface area (Å²) in [5.41, 5.74) is 0.219. The van der Waals surface area contributed by atoms with Crippen molar-refractivity contribution in [1.29, 1.82) is 0 Å². The first-order chi connectivity index (χ1) is 8.04. The fourth-order valence-corrected chi connectivity index (χ4v) is 2.27. The summed E-state index contributed by atoms with van der Waals surface area (Å²) in [7, 11) is 2.84. The Hall–Kier alpha value is -1.84. The number of hydrogen-bond acceptors (Lipinski definition) is 4. The van der Waals surface area contributed by atoms with Gasteiger partial charge in [0.1, 0.15) is 11.2 Å². The van der Waals surface area contributed by atoms with E-state index in [0.717, 1.165) is 5.56 Å². The van der Waals surface area contributed by atoms with Gasteiger partial charge in [-0.25, -0.2) is 0 Å². The van der Waals surface area contributed by atoms with E-state index in [9.17, 15) is 9.59 Å². The molecule has 4 heteroatoms. The van der Waals surface area contributed by atoms with E-state index in [4.69, 9.17) is 9.47 Å². The average molecular weight is 234 g/mol. The van der Waals surface area contributed by atoms with Crippen molar-refractivity contribution in [3.05, 3.63) is 29.3 Å². The van der Waals surface area contributed by atoms with Crippen LogP contribution in [0.3, 0.4) is 0 Å². The van der Waals surface area contributed by atoms with Gasteiger partial charge < -0.3 is 9.47 Å². The van der Waals surface area contributed by atoms with Crippen LogP contribution in [0.1, 0.15) is 22.8 Å². The average Bonchev–Trinajstić information content (AvgIpc) is 2.62. The minimum Gasteiger partial charge on any atom is -0.496 e. The Morgan fingerprint density at radius 1 is 1.35 bits per heavy atom. The molecule has 1 atom stereocenters. The number of carbonyl (C=O) groups excluding carboxylic acids is 2. The fourth-order valence-electron chi connectivity index (χ4n) is 2.27. The predicted molar refractivity (Wildman–Crippen MR) is 61.2 cm³/mol. The molecule has 0 aliphatic heterocycles. The van der Waals surface area contributed by atoms with Crippen molar-refractivity contribution in [2.45, 2.75) is 13.3 Å². The second-order valence-electron chi connectivity index (χ2n) is 4.32. The van der Waals surface area contributed by atoms with Crippen LogP contribution in [0.15, 0.2) is 18.2 Å². The topological polar surface area (TPSA) is 52.6 Å². The zero-order chi connectivity index (χ0) is 12.6. The monoisotopic (exact) mass is 234 g/mol. The van der Waals surface area contributed by atoms with Crippen molar-refractivity contribution in [3.8, 4) is 5.75 Å². The number of ether oxygens (including phenoxy) is 2. The lowest BCUT2D eigenvalue weighted by Gasteiger charge is -2.18. The standard InChI is InChI=1S/C13H14O4/c1-13(12(15)17-3)7-9-8(11(13)14)5-4-6-10(9)16-2/h4-6H,7H2,1-3H3. The highest BCUT2D eigenvalue weighted by molar-refractivity contribution is 6.16. The van der Waals surface area contributed by atoms with Gasteiger partial charge in [0.15, 0.2) is 5.78 Å². The van der Waals surface area contributed by atoms with Crippen LogP contribution in [0, 0.1) is 5.41 Å². The van der Waals surface area contributed by atoms with Gasteiger partial charge in [-0.3, -0.25) is 9.59 Å². The molecule has 1 aliphatic rings. The molecule has 4 nitrogen and oxygen atoms in total. The molecule has 1 aromatic carbocycles. The molecule has 0 fully saturated rings. The third-order valence-electron chi connectivity index (χ3n) is 3.26. The fraction of sp³-hybridized carbons (Fsp3) is 0.385. The molecule has 17 heavy (non-hydrogen) atoms. The molecule has 0 aromatic heterocycles. The SMILES string of the molecule is COC(=O)C1(C)Cc2c(OC)cccc2C1=O. The van der Waals surface area contributed by atoms with Crippen molar-refractivity contribution >= 4 is 11.8 Å². The number of fused-ring (bicyclic) bond motifs is 1. The number of carbonyl (C=O) groups is 2. The summed E-state index contributed by atoms with van der Waals surface area (Å²) >= 11 is 0. The van der Waals surface area contributed by atoms with E-state index in [2.05, 4.69) is 0 Å². The van der Waals surface area contributed by atoms with Gasteiger partial charge >= 0.3 is 5.97 Å². The van der Waals surface area contributed by atoms with Crippen molar-refractivity contribution in [2.24, 2.45) is 5.41 Å². The molecule has 1 aliphatic carbocycles. The summed E-state index contributed by atoms with van der Waals surface area (Å²) in [5.74, 6) is -0.0533. The number of esters is 1. The largest absolute Gasteiger partial charge is 0.496 e. The summed E-state index contributed by atoms with van der Waals surface area (Å²) in [6.07, 6.45) is 0.331. The molecule has 2 rings (SSSR count). The molecule has 0 heterocycles. The maximum Gasteiger partial charge on any atom is 0.319 e. The van der Waals surface area contributed by atoms with Gasteiger partial charge in [0.2, 0.25) is 0 Å². The van der Waals surface area contributed by atoms with E-state index in [1.807, 2.05) is 0 Å². The second kappa shape index (κ2) is 3.87. The van der Waals surface area contributed by atoms with Crippen molar-refractivity contribution in [2.75, 3.05) is 14.2 Å². The minimum absolute atomic E-state index is 0.196. The molecule has 0 saturated heterocycles. The zero-order valence-corrected chi connectivity index (χ0v) is 10.1. The van der Waals surface area contributed by atoms with Gasteiger partial charge in [-0.05, 0) is 19.4 Å². The van der Waals surface area contributed by atoms with Crippen LogP contribution in [-0.4, -0.2) is 26.0 Å². The zero-order valence-electron chi connectivity index (χ0n) is 10.1. The third-order valence-corrected chi connectivity index (χ3v) is 3.26. The third kappa shape index (κ3) is 1.52. The van der Waals surface area contributed by atoms with E-state index < -0.39 is 11.4 Å². The lowest BCUT2D eigenvalue weighted by Crippen LogP contribution is -2.34. The highest BCUT2D eigenvalue weighted by atomic mass is 16.5. The number of methoxy groups -OCH3 is 2. The van der Waals surface area contributed by atoms with Crippen molar-refractivity contribution in [1.82, 2.24) is 0 Å². The molecule has 0 saturated carbocycles. The molecule has 1 aromatic rings. The van der Waals surface area contributed by atoms with Crippen LogP contribution in [0.2, 0.25) is 0 Å². The smallest absolute Gasteiger partial charge is 0.319 e. The van der Waals surface area contributed by atoms with Crippen LogP contribution in [-0.2, 0) is 16.0 Å². The van der Waals surface area contributed by atoms with Gasteiger partial charge in [0, 0.05) is 11.1 Å². The molecular formula is C13H14O4. The number of hydrogen-bond donors (Lipinski definition) is 0. The van der Waals surface area contributed by atoms with Crippen LogP contribution < -0.4 is 4.74 Å². The Bertz CT molecular complexity index is 492. The normalized spacial score (nSPS) is 22.2. The summed E-state index contributed by atoms with van der Waals surface area (Å²) in [6, 6.07) is 5.25. The first kappa shape index (κ1) is 11.6. The van der Waals surface area contributed by atoms with Crippen LogP contribution in [0.4, 0.5) is 0 Å². The minimum atomic E-state index is -1.12. The van der Waals surface area contributed by atoms with Crippen LogP contribution in [0.25, 0.3) is 0 Å². The van der Waals surface area contributed by atoms with E-state index in [-0.39, 0.29) is 5.78 Å². The highest BCUT2D eigenvalue weighted by Crippen LogP contribution is 2.41. The Morgan fingerprint density at radius 3 is 2.65 bits per heavy atom. The molecule has 0 spiro atoms. The number of Topliss-reactive ketones (excluding diaryl/α,β-unsaturated/α-hetero) is 1. The molecule has 1 unspecified atom stereocenters. The Balaban J connectivity index is 2.52. The molecule has 0 radical (unpaired) electrons. The molecule has 0 bridgehead atoms. The number of ketones is 1. The molecule has 90 valence electrons. The first-order valence-electron chi connectivity index (χ1n) is 5.33. The van der Waals surface area contributed by atoms with Gasteiger partial charge in [-0.1, -0.05) is 12.1 Å². The van der Waals surface area contributed by atoms with Crippen molar-refractivity contribution < 1.29 is 19.1 Å². The van der Waals surface area contributed by atoms with Gasteiger partial charge in [-0.2, -0.15) is 0 Å². The van der Waals surface area contributed by atoms with Gasteiger partial charge in [0.25, 0.3) is 0 Å². The number of benzene rings is 1.